The van der Waals surface area contributed by atoms with Gasteiger partial charge in [-0.2, -0.15) is 5.26 Å². The van der Waals surface area contributed by atoms with Crippen molar-refractivity contribution in [2.24, 2.45) is 0 Å². The molecule has 1 aliphatic heterocycles. The summed E-state index contributed by atoms with van der Waals surface area (Å²) in [7, 11) is 0. The predicted octanol–water partition coefficient (Wildman–Crippen LogP) is 3.42. The molecule has 0 aromatic heterocycles. The fourth-order valence-electron chi connectivity index (χ4n) is 2.80. The maximum atomic E-state index is 12.7. The molecule has 0 saturated carbocycles. The molecule has 1 aromatic rings. The molecule has 1 aromatic carbocycles. The quantitative estimate of drug-likeness (QED) is 0.789. The van der Waals surface area contributed by atoms with Crippen molar-refractivity contribution in [3.63, 3.8) is 0 Å². The summed E-state index contributed by atoms with van der Waals surface area (Å²) < 4.78 is 0.0454. The fraction of sp³-hybridized carbons (Fsp3) is 0.526. The Kier molecular flexibility index (Phi) is 6.59. The van der Waals surface area contributed by atoms with Crippen LogP contribution in [0.1, 0.15) is 43.6 Å². The monoisotopic (exact) mass is 393 g/mol. The lowest BCUT2D eigenvalue weighted by Gasteiger charge is -2.40. The summed E-state index contributed by atoms with van der Waals surface area (Å²) in [5.41, 5.74) is 0.736. The predicted molar refractivity (Wildman–Crippen MR) is 105 cm³/mol. The first kappa shape index (κ1) is 20.6. The van der Waals surface area contributed by atoms with Crippen LogP contribution in [0.25, 0.3) is 0 Å². The number of nitrogens with zero attached hydrogens (tertiary/aromatic N) is 3. The highest BCUT2D eigenvalue weighted by atomic mass is 35.5. The number of carbonyl (C=O) groups excluding carboxylic acids is 2. The van der Waals surface area contributed by atoms with Gasteiger partial charge in [-0.3, -0.25) is 9.59 Å². The summed E-state index contributed by atoms with van der Waals surface area (Å²) in [4.78, 5) is 28.8. The third-order valence-electron chi connectivity index (χ3n) is 4.20. The Bertz CT molecular complexity index is 739. The van der Waals surface area contributed by atoms with E-state index in [9.17, 15) is 9.59 Å². The van der Waals surface area contributed by atoms with Crippen LogP contribution >= 0.6 is 23.4 Å². The second-order valence-electron chi connectivity index (χ2n) is 7.39. The highest BCUT2D eigenvalue weighted by molar-refractivity contribution is 8.01. The van der Waals surface area contributed by atoms with Gasteiger partial charge in [0, 0.05) is 36.0 Å². The Balaban J connectivity index is 2.01. The highest BCUT2D eigenvalue weighted by Gasteiger charge is 2.30. The molecular formula is C19H24ClN3O2S. The molecule has 1 saturated heterocycles. The second-order valence-corrected chi connectivity index (χ2v) is 9.60. The van der Waals surface area contributed by atoms with Crippen molar-refractivity contribution in [2.75, 3.05) is 25.4 Å². The molecule has 1 fully saturated rings. The Hall–Kier alpha value is -1.71. The number of benzene rings is 1. The van der Waals surface area contributed by atoms with Gasteiger partial charge in [0.2, 0.25) is 5.91 Å². The lowest BCUT2D eigenvalue weighted by Crippen LogP contribution is -2.56. The van der Waals surface area contributed by atoms with Crippen LogP contribution in [0, 0.1) is 11.3 Å². The van der Waals surface area contributed by atoms with Crippen molar-refractivity contribution in [1.82, 2.24) is 9.80 Å². The van der Waals surface area contributed by atoms with Gasteiger partial charge in [0.05, 0.1) is 16.3 Å². The van der Waals surface area contributed by atoms with E-state index in [0.29, 0.717) is 41.5 Å². The molecular weight excluding hydrogens is 370 g/mol. The van der Waals surface area contributed by atoms with E-state index in [1.807, 2.05) is 17.9 Å². The number of amides is 2. The van der Waals surface area contributed by atoms with Gasteiger partial charge in [0.15, 0.2) is 0 Å². The molecule has 0 bridgehead atoms. The topological polar surface area (TPSA) is 64.4 Å². The smallest absolute Gasteiger partial charge is 0.254 e. The van der Waals surface area contributed by atoms with Crippen LogP contribution in [-0.4, -0.2) is 57.8 Å². The molecule has 2 amide bonds. The number of carbonyl (C=O) groups is 2. The Morgan fingerprint density at radius 3 is 2.62 bits per heavy atom. The van der Waals surface area contributed by atoms with Crippen LogP contribution in [0.3, 0.4) is 0 Å². The van der Waals surface area contributed by atoms with Gasteiger partial charge < -0.3 is 9.80 Å². The molecule has 26 heavy (non-hydrogen) atoms. The Morgan fingerprint density at radius 1 is 1.35 bits per heavy atom. The molecule has 0 radical (unpaired) electrons. The number of piperazine rings is 1. The van der Waals surface area contributed by atoms with Gasteiger partial charge >= 0.3 is 0 Å². The standard InChI is InChI=1S/C19H24ClN3O2S/c1-13-11-22(7-8-23(13)17(24)12-26-19(2,3)4)18(25)14-5-6-16(20)15(9-14)10-21/h5-6,9,13H,7-8,11-12H2,1-4H3/t13-/m1/s1. The Labute approximate surface area is 164 Å². The van der Waals surface area contributed by atoms with E-state index in [4.69, 9.17) is 16.9 Å². The Morgan fingerprint density at radius 2 is 2.04 bits per heavy atom. The van der Waals surface area contributed by atoms with E-state index in [2.05, 4.69) is 20.8 Å². The molecule has 0 spiro atoms. The van der Waals surface area contributed by atoms with Gasteiger partial charge in [-0.15, -0.1) is 11.8 Å². The third-order valence-corrected chi connectivity index (χ3v) is 5.78. The first-order valence-corrected chi connectivity index (χ1v) is 9.91. The van der Waals surface area contributed by atoms with Crippen molar-refractivity contribution in [2.45, 2.75) is 38.5 Å². The van der Waals surface area contributed by atoms with Gasteiger partial charge in [-0.25, -0.2) is 0 Å². The zero-order chi connectivity index (χ0) is 19.5. The molecule has 1 aliphatic rings. The number of thioether (sulfide) groups is 1. The van der Waals surface area contributed by atoms with Gasteiger partial charge in [0.1, 0.15) is 6.07 Å². The lowest BCUT2D eigenvalue weighted by atomic mass is 10.1. The average molecular weight is 394 g/mol. The van der Waals surface area contributed by atoms with Crippen molar-refractivity contribution < 1.29 is 9.59 Å². The highest BCUT2D eigenvalue weighted by Crippen LogP contribution is 2.24. The largest absolute Gasteiger partial charge is 0.336 e. The molecule has 0 N–H and O–H groups in total. The van der Waals surface area contributed by atoms with E-state index in [0.717, 1.165) is 0 Å². The zero-order valence-electron chi connectivity index (χ0n) is 15.6. The van der Waals surface area contributed by atoms with Crippen LogP contribution in [0.5, 0.6) is 0 Å². The molecule has 140 valence electrons. The van der Waals surface area contributed by atoms with Crippen LogP contribution in [0.4, 0.5) is 0 Å². The SMILES string of the molecule is C[C@@H]1CN(C(=O)c2ccc(Cl)c(C#N)c2)CCN1C(=O)CSC(C)(C)C. The lowest BCUT2D eigenvalue weighted by molar-refractivity contribution is -0.132. The number of rotatable bonds is 3. The van der Waals surface area contributed by atoms with Crippen molar-refractivity contribution in [3.05, 3.63) is 34.3 Å². The summed E-state index contributed by atoms with van der Waals surface area (Å²) in [5.74, 6) is 0.425. The maximum absolute atomic E-state index is 12.7. The molecule has 0 unspecified atom stereocenters. The van der Waals surface area contributed by atoms with E-state index >= 15 is 0 Å². The summed E-state index contributed by atoms with van der Waals surface area (Å²) in [5, 5.41) is 9.41. The minimum absolute atomic E-state index is 0.0384. The second kappa shape index (κ2) is 8.32. The third kappa shape index (κ3) is 5.15. The first-order valence-electron chi connectivity index (χ1n) is 8.54. The van der Waals surface area contributed by atoms with Crippen LogP contribution in [0.15, 0.2) is 18.2 Å². The van der Waals surface area contributed by atoms with Gasteiger partial charge in [0.25, 0.3) is 5.91 Å². The fourth-order valence-corrected chi connectivity index (χ4v) is 3.68. The minimum Gasteiger partial charge on any atom is -0.336 e. The zero-order valence-corrected chi connectivity index (χ0v) is 17.2. The molecule has 7 heteroatoms. The molecule has 1 atom stereocenters. The van der Waals surface area contributed by atoms with Crippen molar-refractivity contribution >= 4 is 35.2 Å². The average Bonchev–Trinajstić information content (AvgIpc) is 2.58. The molecule has 0 aliphatic carbocycles. The van der Waals surface area contributed by atoms with Gasteiger partial charge in [-0.05, 0) is 25.1 Å². The normalized spacial score (nSPS) is 17.8. The van der Waals surface area contributed by atoms with Crippen molar-refractivity contribution in [3.8, 4) is 6.07 Å². The summed E-state index contributed by atoms with van der Waals surface area (Å²) in [6, 6.07) is 6.68. The first-order chi connectivity index (χ1) is 12.1. The van der Waals surface area contributed by atoms with E-state index in [-0.39, 0.29) is 22.6 Å². The van der Waals surface area contributed by atoms with Crippen LogP contribution in [0.2, 0.25) is 5.02 Å². The molecule has 1 heterocycles. The van der Waals surface area contributed by atoms with Crippen molar-refractivity contribution in [1.29, 1.82) is 5.26 Å². The number of hydrogen-bond donors (Lipinski definition) is 0. The number of hydrogen-bond acceptors (Lipinski definition) is 4. The van der Waals surface area contributed by atoms with E-state index < -0.39 is 0 Å². The van der Waals surface area contributed by atoms with Crippen LogP contribution < -0.4 is 0 Å². The summed E-state index contributed by atoms with van der Waals surface area (Å²) >= 11 is 7.56. The minimum atomic E-state index is -0.138. The number of nitriles is 1. The van der Waals surface area contributed by atoms with E-state index in [1.165, 1.54) is 6.07 Å². The maximum Gasteiger partial charge on any atom is 0.254 e. The van der Waals surface area contributed by atoms with Gasteiger partial charge in [-0.1, -0.05) is 32.4 Å². The summed E-state index contributed by atoms with van der Waals surface area (Å²) in [6.07, 6.45) is 0. The molecule has 2 rings (SSSR count). The number of halogens is 1. The van der Waals surface area contributed by atoms with E-state index in [1.54, 1.807) is 28.8 Å². The summed E-state index contributed by atoms with van der Waals surface area (Å²) in [6.45, 7) is 9.72. The molecule has 5 nitrogen and oxygen atoms in total. The van der Waals surface area contributed by atoms with Crippen LogP contribution in [-0.2, 0) is 4.79 Å².